The van der Waals surface area contributed by atoms with Crippen molar-refractivity contribution >= 4 is 34.8 Å². The van der Waals surface area contributed by atoms with Gasteiger partial charge in [-0.05, 0) is 57.2 Å². The highest BCUT2D eigenvalue weighted by Gasteiger charge is 2.30. The summed E-state index contributed by atoms with van der Waals surface area (Å²) in [6.45, 7) is 6.33. The lowest BCUT2D eigenvalue weighted by Gasteiger charge is -2.09. The van der Waals surface area contributed by atoms with Crippen molar-refractivity contribution in [1.82, 2.24) is 24.8 Å². The molecule has 0 spiro atoms. The van der Waals surface area contributed by atoms with Gasteiger partial charge >= 0.3 is 6.18 Å². The zero-order valence-corrected chi connectivity index (χ0v) is 19.2. The average Bonchev–Trinajstić information content (AvgIpc) is 3.27. The largest absolute Gasteiger partial charge is 0.416 e. The number of rotatable bonds is 5. The fourth-order valence-electron chi connectivity index (χ4n) is 3.65. The van der Waals surface area contributed by atoms with E-state index in [0.717, 1.165) is 30.0 Å². The van der Waals surface area contributed by atoms with E-state index < -0.39 is 17.6 Å². The minimum absolute atomic E-state index is 0.0665. The second kappa shape index (κ2) is 8.94. The monoisotopic (exact) mass is 488 g/mol. The number of aromatic nitrogens is 4. The molecular formula is C23H20ClF3N6O. The average molecular weight is 489 g/mol. The summed E-state index contributed by atoms with van der Waals surface area (Å²) in [5.41, 5.74) is 4.60. The lowest BCUT2D eigenvalue weighted by atomic mass is 10.2. The second-order valence-corrected chi connectivity index (χ2v) is 7.91. The molecule has 0 radical (unpaired) electrons. The van der Waals surface area contributed by atoms with E-state index in [1.807, 2.05) is 24.5 Å². The van der Waals surface area contributed by atoms with Crippen LogP contribution in [0.3, 0.4) is 0 Å². The molecular weight excluding hydrogens is 469 g/mol. The van der Waals surface area contributed by atoms with Crippen molar-refractivity contribution in [2.45, 2.75) is 33.5 Å². The van der Waals surface area contributed by atoms with E-state index in [4.69, 9.17) is 11.6 Å². The van der Waals surface area contributed by atoms with Gasteiger partial charge in [0.25, 0.3) is 5.91 Å². The molecule has 4 rings (SSSR count). The Morgan fingerprint density at radius 2 is 1.97 bits per heavy atom. The summed E-state index contributed by atoms with van der Waals surface area (Å²) in [5, 5.41) is 8.24. The second-order valence-electron chi connectivity index (χ2n) is 7.56. The number of carbonyl (C=O) groups excluding carboxylic acids is 1. The third kappa shape index (κ3) is 4.41. The van der Waals surface area contributed by atoms with Gasteiger partial charge in [-0.1, -0.05) is 17.7 Å². The molecule has 0 unspecified atom stereocenters. The molecule has 0 saturated heterocycles. The standard InChI is InChI=1S/C23H20ClF3N6O/c1-4-32-14(3)29-19-10-15(8-9-20(19)32)22(34)30-28-12-18-13(2)31-33(21(18)24)17-7-5-6-16(11-17)23(25,26)27/h5-12H,4H2,1-3H3,(H,30,34). The Morgan fingerprint density at radius 3 is 2.68 bits per heavy atom. The molecule has 11 heteroatoms. The van der Waals surface area contributed by atoms with Gasteiger partial charge in [0.1, 0.15) is 11.0 Å². The highest BCUT2D eigenvalue weighted by molar-refractivity contribution is 6.32. The maximum Gasteiger partial charge on any atom is 0.416 e. The molecule has 1 N–H and O–H groups in total. The van der Waals surface area contributed by atoms with Crippen LogP contribution >= 0.6 is 11.6 Å². The third-order valence-electron chi connectivity index (χ3n) is 5.34. The van der Waals surface area contributed by atoms with E-state index in [1.54, 1.807) is 19.1 Å². The van der Waals surface area contributed by atoms with Gasteiger partial charge in [0.2, 0.25) is 0 Å². The number of alkyl halides is 3. The topological polar surface area (TPSA) is 77.1 Å². The number of nitrogens with zero attached hydrogens (tertiary/aromatic N) is 5. The van der Waals surface area contributed by atoms with E-state index in [-0.39, 0.29) is 10.8 Å². The van der Waals surface area contributed by atoms with Crippen LogP contribution in [0.5, 0.6) is 0 Å². The fraction of sp³-hybridized carbons (Fsp3) is 0.217. The first-order chi connectivity index (χ1) is 16.1. The number of nitrogens with one attached hydrogen (secondary N) is 1. The molecule has 4 aromatic rings. The van der Waals surface area contributed by atoms with Crippen LogP contribution in [0.4, 0.5) is 13.2 Å². The number of halogens is 4. The van der Waals surface area contributed by atoms with Gasteiger partial charge in [0.15, 0.2) is 0 Å². The number of carbonyl (C=O) groups is 1. The van der Waals surface area contributed by atoms with E-state index >= 15 is 0 Å². The van der Waals surface area contributed by atoms with Crippen molar-refractivity contribution in [3.8, 4) is 5.69 Å². The summed E-state index contributed by atoms with van der Waals surface area (Å²) < 4.78 is 42.4. The van der Waals surface area contributed by atoms with Crippen molar-refractivity contribution in [2.24, 2.45) is 5.10 Å². The Bertz CT molecular complexity index is 1420. The van der Waals surface area contributed by atoms with E-state index in [0.29, 0.717) is 22.3 Å². The van der Waals surface area contributed by atoms with Crippen LogP contribution in [-0.2, 0) is 12.7 Å². The molecule has 0 aliphatic rings. The molecule has 0 fully saturated rings. The number of amides is 1. The third-order valence-corrected chi connectivity index (χ3v) is 5.71. The molecule has 0 saturated carbocycles. The van der Waals surface area contributed by atoms with Crippen LogP contribution in [-0.4, -0.2) is 31.5 Å². The minimum atomic E-state index is -4.49. The Morgan fingerprint density at radius 1 is 1.21 bits per heavy atom. The number of benzene rings is 2. The molecule has 0 aliphatic carbocycles. The maximum absolute atomic E-state index is 13.0. The highest BCUT2D eigenvalue weighted by atomic mass is 35.5. The van der Waals surface area contributed by atoms with Crippen LogP contribution in [0.2, 0.25) is 5.15 Å². The molecule has 2 aromatic carbocycles. The summed E-state index contributed by atoms with van der Waals surface area (Å²) in [6, 6.07) is 9.87. The molecule has 0 bridgehead atoms. The van der Waals surface area contributed by atoms with Gasteiger partial charge < -0.3 is 4.57 Å². The van der Waals surface area contributed by atoms with E-state index in [9.17, 15) is 18.0 Å². The molecule has 34 heavy (non-hydrogen) atoms. The number of hydrogen-bond acceptors (Lipinski definition) is 4. The first-order valence-electron chi connectivity index (χ1n) is 10.3. The van der Waals surface area contributed by atoms with Crippen molar-refractivity contribution in [3.63, 3.8) is 0 Å². The Labute approximate surface area is 197 Å². The molecule has 0 atom stereocenters. The highest BCUT2D eigenvalue weighted by Crippen LogP contribution is 2.31. The molecule has 2 heterocycles. The molecule has 176 valence electrons. The van der Waals surface area contributed by atoms with Crippen molar-refractivity contribution in [1.29, 1.82) is 0 Å². The van der Waals surface area contributed by atoms with E-state index in [2.05, 4.69) is 20.6 Å². The van der Waals surface area contributed by atoms with Crippen molar-refractivity contribution < 1.29 is 18.0 Å². The molecule has 0 aliphatic heterocycles. The first-order valence-corrected chi connectivity index (χ1v) is 10.7. The fourth-order valence-corrected chi connectivity index (χ4v) is 3.97. The minimum Gasteiger partial charge on any atom is -0.329 e. The number of fused-ring (bicyclic) bond motifs is 1. The van der Waals surface area contributed by atoms with Crippen LogP contribution in [0.15, 0.2) is 47.6 Å². The quantitative estimate of drug-likeness (QED) is 0.306. The molecule has 2 aromatic heterocycles. The van der Waals surface area contributed by atoms with Crippen LogP contribution in [0, 0.1) is 13.8 Å². The van der Waals surface area contributed by atoms with Crippen LogP contribution < -0.4 is 5.43 Å². The van der Waals surface area contributed by atoms with Gasteiger partial charge in [-0.15, -0.1) is 0 Å². The Hall–Kier alpha value is -3.66. The van der Waals surface area contributed by atoms with Gasteiger partial charge in [-0.3, -0.25) is 4.79 Å². The lowest BCUT2D eigenvalue weighted by Crippen LogP contribution is -2.17. The summed E-state index contributed by atoms with van der Waals surface area (Å²) in [7, 11) is 0. The predicted molar refractivity (Wildman–Crippen MR) is 124 cm³/mol. The molecule has 7 nitrogen and oxygen atoms in total. The van der Waals surface area contributed by atoms with Crippen LogP contribution in [0.1, 0.15) is 39.9 Å². The van der Waals surface area contributed by atoms with Crippen molar-refractivity contribution in [3.05, 3.63) is 75.8 Å². The first kappa shape index (κ1) is 23.5. The van der Waals surface area contributed by atoms with Gasteiger partial charge in [0.05, 0.1) is 39.8 Å². The maximum atomic E-state index is 13.0. The summed E-state index contributed by atoms with van der Waals surface area (Å²) >= 11 is 6.36. The number of aryl methyl sites for hydroxylation is 3. The van der Waals surface area contributed by atoms with Gasteiger partial charge in [0, 0.05) is 12.1 Å². The zero-order chi connectivity index (χ0) is 24.6. The predicted octanol–water partition coefficient (Wildman–Crippen LogP) is 5.29. The smallest absolute Gasteiger partial charge is 0.329 e. The van der Waals surface area contributed by atoms with Crippen molar-refractivity contribution in [2.75, 3.05) is 0 Å². The Kier molecular flexibility index (Phi) is 6.18. The van der Waals surface area contributed by atoms with Gasteiger partial charge in [-0.25, -0.2) is 15.1 Å². The van der Waals surface area contributed by atoms with Crippen LogP contribution in [0.25, 0.3) is 16.7 Å². The number of hydrazone groups is 1. The van der Waals surface area contributed by atoms with Gasteiger partial charge in [-0.2, -0.15) is 23.4 Å². The van der Waals surface area contributed by atoms with E-state index in [1.165, 1.54) is 23.0 Å². The zero-order valence-electron chi connectivity index (χ0n) is 18.5. The normalized spacial score (nSPS) is 12.1. The summed E-state index contributed by atoms with van der Waals surface area (Å²) in [4.78, 5) is 17.0. The SMILES string of the molecule is CCn1c(C)nc2cc(C(=O)NN=Cc3c(C)nn(-c4cccc(C(F)(F)F)c4)c3Cl)ccc21. The summed E-state index contributed by atoms with van der Waals surface area (Å²) in [5.74, 6) is 0.414. The molecule has 1 amide bonds. The number of hydrogen-bond donors (Lipinski definition) is 1. The Balaban J connectivity index is 1.54. The summed E-state index contributed by atoms with van der Waals surface area (Å²) in [6.07, 6.45) is -3.18. The number of imidazole rings is 1. The lowest BCUT2D eigenvalue weighted by molar-refractivity contribution is -0.137.